The Hall–Kier alpha value is -2.41. The van der Waals surface area contributed by atoms with E-state index in [9.17, 15) is 8.78 Å². The Morgan fingerprint density at radius 1 is 1.11 bits per heavy atom. The monoisotopic (exact) mass is 258 g/mol. The van der Waals surface area contributed by atoms with E-state index in [-0.39, 0.29) is 0 Å². The maximum Gasteiger partial charge on any atom is 0.159 e. The van der Waals surface area contributed by atoms with Crippen molar-refractivity contribution in [2.24, 2.45) is 0 Å². The predicted molar refractivity (Wildman–Crippen MR) is 69.6 cm³/mol. The van der Waals surface area contributed by atoms with Gasteiger partial charge in [0.2, 0.25) is 0 Å². The summed E-state index contributed by atoms with van der Waals surface area (Å²) < 4.78 is 25.9. The summed E-state index contributed by atoms with van der Waals surface area (Å²) in [6.07, 6.45) is 0. The second kappa shape index (κ2) is 5.49. The van der Waals surface area contributed by atoms with E-state index in [0.29, 0.717) is 23.4 Å². The number of hydrogen-bond acceptors (Lipinski definition) is 2. The van der Waals surface area contributed by atoms with E-state index >= 15 is 0 Å². The van der Waals surface area contributed by atoms with Crippen molar-refractivity contribution in [1.82, 2.24) is 0 Å². The Kier molecular flexibility index (Phi) is 3.76. The van der Waals surface area contributed by atoms with Crippen LogP contribution in [0, 0.1) is 29.9 Å². The highest BCUT2D eigenvalue weighted by Gasteiger charge is 2.05. The zero-order chi connectivity index (χ0) is 13.8. The minimum Gasteiger partial charge on any atom is -0.380 e. The van der Waals surface area contributed by atoms with Crippen molar-refractivity contribution < 1.29 is 8.78 Å². The van der Waals surface area contributed by atoms with Crippen LogP contribution in [0.3, 0.4) is 0 Å². The van der Waals surface area contributed by atoms with Crippen LogP contribution in [0.1, 0.15) is 16.7 Å². The molecule has 0 radical (unpaired) electrons. The Morgan fingerprint density at radius 3 is 2.58 bits per heavy atom. The van der Waals surface area contributed by atoms with Crippen LogP contribution in [-0.4, -0.2) is 0 Å². The van der Waals surface area contributed by atoms with E-state index in [0.717, 1.165) is 17.7 Å². The van der Waals surface area contributed by atoms with Gasteiger partial charge in [0, 0.05) is 6.54 Å². The smallest absolute Gasteiger partial charge is 0.159 e. The van der Waals surface area contributed by atoms with Crippen molar-refractivity contribution in [3.8, 4) is 6.07 Å². The zero-order valence-electron chi connectivity index (χ0n) is 10.4. The first-order valence-electron chi connectivity index (χ1n) is 5.78. The van der Waals surface area contributed by atoms with E-state index in [4.69, 9.17) is 5.26 Å². The van der Waals surface area contributed by atoms with Crippen LogP contribution in [0.4, 0.5) is 14.5 Å². The molecule has 2 aromatic carbocycles. The Labute approximate surface area is 110 Å². The first-order valence-corrected chi connectivity index (χ1v) is 5.78. The van der Waals surface area contributed by atoms with Gasteiger partial charge in [-0.25, -0.2) is 8.78 Å². The fourth-order valence-electron chi connectivity index (χ4n) is 1.75. The van der Waals surface area contributed by atoms with Gasteiger partial charge in [-0.15, -0.1) is 0 Å². The van der Waals surface area contributed by atoms with Crippen molar-refractivity contribution >= 4 is 5.69 Å². The number of anilines is 1. The third-order valence-electron chi connectivity index (χ3n) is 2.76. The molecule has 0 bridgehead atoms. The topological polar surface area (TPSA) is 35.8 Å². The van der Waals surface area contributed by atoms with Gasteiger partial charge in [0.05, 0.1) is 11.3 Å². The number of rotatable bonds is 3. The van der Waals surface area contributed by atoms with Crippen LogP contribution < -0.4 is 5.32 Å². The van der Waals surface area contributed by atoms with Gasteiger partial charge >= 0.3 is 0 Å². The second-order valence-electron chi connectivity index (χ2n) is 4.26. The van der Waals surface area contributed by atoms with Gasteiger partial charge < -0.3 is 5.32 Å². The lowest BCUT2D eigenvalue weighted by Gasteiger charge is -2.09. The molecule has 1 N–H and O–H groups in total. The molecule has 0 fully saturated rings. The molecule has 2 nitrogen and oxygen atoms in total. The lowest BCUT2D eigenvalue weighted by Crippen LogP contribution is -2.02. The first-order chi connectivity index (χ1) is 9.10. The number of aryl methyl sites for hydroxylation is 1. The van der Waals surface area contributed by atoms with E-state index in [2.05, 4.69) is 11.4 Å². The van der Waals surface area contributed by atoms with Crippen LogP contribution in [0.15, 0.2) is 36.4 Å². The maximum atomic E-state index is 13.1. The number of nitriles is 1. The summed E-state index contributed by atoms with van der Waals surface area (Å²) in [7, 11) is 0. The van der Waals surface area contributed by atoms with Crippen LogP contribution in [0.25, 0.3) is 0 Å². The Balaban J connectivity index is 2.16. The number of benzene rings is 2. The first kappa shape index (κ1) is 13.0. The summed E-state index contributed by atoms with van der Waals surface area (Å²) in [6, 6.07) is 11.2. The third kappa shape index (κ3) is 3.08. The Morgan fingerprint density at radius 2 is 1.89 bits per heavy atom. The lowest BCUT2D eigenvalue weighted by atomic mass is 10.1. The molecule has 0 heterocycles. The molecule has 0 aliphatic rings. The summed E-state index contributed by atoms with van der Waals surface area (Å²) in [5.41, 5.74) is 2.84. The lowest BCUT2D eigenvalue weighted by molar-refractivity contribution is 0.507. The normalized spacial score (nSPS) is 10.0. The molecule has 0 saturated carbocycles. The number of halogens is 2. The third-order valence-corrected chi connectivity index (χ3v) is 2.76. The van der Waals surface area contributed by atoms with Crippen molar-refractivity contribution in [3.05, 3.63) is 64.7 Å². The van der Waals surface area contributed by atoms with E-state index in [1.807, 2.05) is 19.1 Å². The van der Waals surface area contributed by atoms with Crippen LogP contribution in [0.5, 0.6) is 0 Å². The summed E-state index contributed by atoms with van der Waals surface area (Å²) >= 11 is 0. The van der Waals surface area contributed by atoms with E-state index in [1.54, 1.807) is 6.07 Å². The molecule has 0 saturated heterocycles. The number of hydrogen-bond donors (Lipinski definition) is 1. The SMILES string of the molecule is Cc1ccc(C#N)c(NCc2ccc(F)c(F)c2)c1. The highest BCUT2D eigenvalue weighted by atomic mass is 19.2. The average Bonchev–Trinajstić information content (AvgIpc) is 2.40. The van der Waals surface area contributed by atoms with Gasteiger partial charge in [-0.1, -0.05) is 12.1 Å². The average molecular weight is 258 g/mol. The molecule has 0 spiro atoms. The number of nitrogens with zero attached hydrogens (tertiary/aromatic N) is 1. The fourth-order valence-corrected chi connectivity index (χ4v) is 1.75. The van der Waals surface area contributed by atoms with E-state index in [1.165, 1.54) is 6.07 Å². The van der Waals surface area contributed by atoms with Gasteiger partial charge in [-0.05, 0) is 42.3 Å². The standard InChI is InChI=1S/C15H12F2N2/c1-10-2-4-12(8-18)15(6-10)19-9-11-3-5-13(16)14(17)7-11/h2-7,19H,9H2,1H3. The van der Waals surface area contributed by atoms with Crippen molar-refractivity contribution in [3.63, 3.8) is 0 Å². The predicted octanol–water partition coefficient (Wildman–Crippen LogP) is 3.76. The zero-order valence-corrected chi connectivity index (χ0v) is 10.4. The number of nitrogens with one attached hydrogen (secondary N) is 1. The van der Waals surface area contributed by atoms with E-state index < -0.39 is 11.6 Å². The van der Waals surface area contributed by atoms with Crippen LogP contribution in [-0.2, 0) is 6.54 Å². The summed E-state index contributed by atoms with van der Waals surface area (Å²) in [5, 5.41) is 12.0. The molecule has 4 heteroatoms. The van der Waals surface area contributed by atoms with Gasteiger partial charge in [0.1, 0.15) is 6.07 Å². The molecule has 0 aliphatic heterocycles. The highest BCUT2D eigenvalue weighted by molar-refractivity contribution is 5.58. The van der Waals surface area contributed by atoms with Gasteiger partial charge in [-0.2, -0.15) is 5.26 Å². The molecule has 96 valence electrons. The van der Waals surface area contributed by atoms with Gasteiger partial charge in [0.15, 0.2) is 11.6 Å². The second-order valence-corrected chi connectivity index (χ2v) is 4.26. The molecule has 0 amide bonds. The molecule has 2 aromatic rings. The molecule has 19 heavy (non-hydrogen) atoms. The van der Waals surface area contributed by atoms with Crippen molar-refractivity contribution in [1.29, 1.82) is 5.26 Å². The van der Waals surface area contributed by atoms with Crippen LogP contribution in [0.2, 0.25) is 0 Å². The molecule has 0 unspecified atom stereocenters. The van der Waals surface area contributed by atoms with Crippen molar-refractivity contribution in [2.75, 3.05) is 5.32 Å². The molecule has 0 aromatic heterocycles. The summed E-state index contributed by atoms with van der Waals surface area (Å²) in [5.74, 6) is -1.74. The molecular formula is C15H12F2N2. The molecule has 0 aliphatic carbocycles. The molecule has 2 rings (SSSR count). The summed E-state index contributed by atoms with van der Waals surface area (Å²) in [4.78, 5) is 0. The van der Waals surface area contributed by atoms with Gasteiger partial charge in [0.25, 0.3) is 0 Å². The maximum absolute atomic E-state index is 13.1. The largest absolute Gasteiger partial charge is 0.380 e. The highest BCUT2D eigenvalue weighted by Crippen LogP contribution is 2.18. The fraction of sp³-hybridized carbons (Fsp3) is 0.133. The van der Waals surface area contributed by atoms with Gasteiger partial charge in [-0.3, -0.25) is 0 Å². The van der Waals surface area contributed by atoms with Crippen molar-refractivity contribution in [2.45, 2.75) is 13.5 Å². The quantitative estimate of drug-likeness (QED) is 0.909. The molecular weight excluding hydrogens is 246 g/mol. The summed E-state index contributed by atoms with van der Waals surface area (Å²) in [6.45, 7) is 2.25. The minimum absolute atomic E-state index is 0.329. The van der Waals surface area contributed by atoms with Crippen LogP contribution >= 0.6 is 0 Å². The minimum atomic E-state index is -0.871. The molecule has 0 atom stereocenters. The Bertz CT molecular complexity index is 645.